The smallest absolute Gasteiger partial charge is 0.161 e. The molecule has 0 amide bonds. The minimum absolute atomic E-state index is 0.130. The first-order valence-corrected chi connectivity index (χ1v) is 9.63. The van der Waals surface area contributed by atoms with Crippen LogP contribution in [0.15, 0.2) is 42.1 Å². The van der Waals surface area contributed by atoms with Gasteiger partial charge in [-0.15, -0.1) is 0 Å². The molecule has 152 valence electrons. The number of morpholine rings is 1. The number of ketones is 1. The lowest BCUT2D eigenvalue weighted by Gasteiger charge is -2.41. The van der Waals surface area contributed by atoms with Crippen LogP contribution in [0.1, 0.15) is 18.9 Å². The number of carbonyl (C=O) groups excluding carboxylic acids is 1. The molecule has 0 saturated carbocycles. The monoisotopic (exact) mass is 387 g/mol. The summed E-state index contributed by atoms with van der Waals surface area (Å²) in [6.07, 6.45) is 6.50. The van der Waals surface area contributed by atoms with Gasteiger partial charge in [-0.05, 0) is 29.8 Å². The van der Waals surface area contributed by atoms with Gasteiger partial charge >= 0.3 is 0 Å². The van der Waals surface area contributed by atoms with Gasteiger partial charge in [0.2, 0.25) is 0 Å². The van der Waals surface area contributed by atoms with E-state index in [1.807, 2.05) is 37.3 Å². The largest absolute Gasteiger partial charge is 0.493 e. The summed E-state index contributed by atoms with van der Waals surface area (Å²) in [5.74, 6) is 0.963. The van der Waals surface area contributed by atoms with Crippen molar-refractivity contribution in [2.75, 3.05) is 47.6 Å². The highest BCUT2D eigenvalue weighted by molar-refractivity contribution is 5.85. The van der Waals surface area contributed by atoms with Crippen molar-refractivity contribution in [1.29, 1.82) is 0 Å². The number of ether oxygens (including phenoxy) is 4. The van der Waals surface area contributed by atoms with E-state index in [9.17, 15) is 4.79 Å². The Morgan fingerprint density at radius 3 is 2.50 bits per heavy atom. The number of carbonyl (C=O) groups is 1. The van der Waals surface area contributed by atoms with Gasteiger partial charge in [0.25, 0.3) is 0 Å². The van der Waals surface area contributed by atoms with Gasteiger partial charge in [-0.1, -0.05) is 19.1 Å². The first kappa shape index (κ1) is 20.4. The Bertz CT molecular complexity index is 766. The number of hydrogen-bond donors (Lipinski definition) is 0. The van der Waals surface area contributed by atoms with Crippen molar-refractivity contribution in [1.82, 2.24) is 4.90 Å². The Labute approximate surface area is 166 Å². The van der Waals surface area contributed by atoms with Crippen LogP contribution in [-0.4, -0.2) is 58.3 Å². The van der Waals surface area contributed by atoms with Gasteiger partial charge in [0.1, 0.15) is 11.4 Å². The minimum Gasteiger partial charge on any atom is -0.493 e. The zero-order valence-corrected chi connectivity index (χ0v) is 17.1. The Morgan fingerprint density at radius 1 is 1.18 bits per heavy atom. The first-order valence-electron chi connectivity index (χ1n) is 9.63. The number of allylic oxidation sites excluding steroid dienone is 1. The van der Waals surface area contributed by atoms with Crippen LogP contribution in [-0.2, 0) is 19.9 Å². The second-order valence-corrected chi connectivity index (χ2v) is 6.89. The first-order chi connectivity index (χ1) is 13.6. The minimum atomic E-state index is -0.908. The fourth-order valence-electron chi connectivity index (χ4n) is 3.93. The van der Waals surface area contributed by atoms with Crippen molar-refractivity contribution in [3.63, 3.8) is 0 Å². The maximum Gasteiger partial charge on any atom is 0.161 e. The van der Waals surface area contributed by atoms with E-state index in [1.54, 1.807) is 21.3 Å². The van der Waals surface area contributed by atoms with Crippen molar-refractivity contribution in [3.05, 3.63) is 47.7 Å². The average molecular weight is 387 g/mol. The molecule has 2 atom stereocenters. The Balaban J connectivity index is 2.11. The molecule has 2 unspecified atom stereocenters. The zero-order valence-electron chi connectivity index (χ0n) is 17.1. The van der Waals surface area contributed by atoms with E-state index in [0.717, 1.165) is 24.4 Å². The maximum atomic E-state index is 12.8. The van der Waals surface area contributed by atoms with Crippen molar-refractivity contribution in [2.24, 2.45) is 5.92 Å². The quantitative estimate of drug-likeness (QED) is 0.717. The molecule has 0 bridgehead atoms. The van der Waals surface area contributed by atoms with E-state index < -0.39 is 11.5 Å². The van der Waals surface area contributed by atoms with Crippen LogP contribution in [0.25, 0.3) is 0 Å². The second-order valence-electron chi connectivity index (χ2n) is 6.89. The highest BCUT2D eigenvalue weighted by Gasteiger charge is 2.44. The van der Waals surface area contributed by atoms with E-state index in [4.69, 9.17) is 18.9 Å². The normalized spacial score (nSPS) is 24.6. The summed E-state index contributed by atoms with van der Waals surface area (Å²) in [4.78, 5) is 15.1. The van der Waals surface area contributed by atoms with E-state index in [0.29, 0.717) is 31.1 Å². The van der Waals surface area contributed by atoms with Crippen LogP contribution < -0.4 is 9.47 Å². The third-order valence-electron chi connectivity index (χ3n) is 5.53. The molecule has 1 aromatic carbocycles. The molecule has 0 N–H and O–H groups in total. The summed E-state index contributed by atoms with van der Waals surface area (Å²) in [5.41, 5.74) is 0.990. The predicted octanol–water partition coefficient (Wildman–Crippen LogP) is 2.93. The lowest BCUT2D eigenvalue weighted by atomic mass is 9.74. The fourth-order valence-corrected chi connectivity index (χ4v) is 3.93. The SMILES string of the molecule is CCC(=O)C1C=CC(N2CCOCC2)=CC1(OC)c1ccc(OC)c(OC)c1. The number of rotatable bonds is 7. The van der Waals surface area contributed by atoms with Crippen LogP contribution in [0.5, 0.6) is 11.5 Å². The van der Waals surface area contributed by atoms with E-state index in [-0.39, 0.29) is 5.78 Å². The lowest BCUT2D eigenvalue weighted by Crippen LogP contribution is -2.43. The third kappa shape index (κ3) is 3.66. The number of nitrogens with zero attached hydrogens (tertiary/aromatic N) is 1. The van der Waals surface area contributed by atoms with Crippen LogP contribution in [0, 0.1) is 5.92 Å². The van der Waals surface area contributed by atoms with E-state index >= 15 is 0 Å². The van der Waals surface area contributed by atoms with Gasteiger partial charge in [0.05, 0.1) is 33.4 Å². The summed E-state index contributed by atoms with van der Waals surface area (Å²) in [6, 6.07) is 5.68. The molecule has 6 nitrogen and oxygen atoms in total. The van der Waals surface area contributed by atoms with Crippen molar-refractivity contribution < 1.29 is 23.7 Å². The molecule has 0 radical (unpaired) electrons. The van der Waals surface area contributed by atoms with Gasteiger partial charge in [0.15, 0.2) is 11.5 Å². The summed E-state index contributed by atoms with van der Waals surface area (Å²) in [5, 5.41) is 0. The maximum absolute atomic E-state index is 12.8. The summed E-state index contributed by atoms with van der Waals surface area (Å²) in [7, 11) is 4.86. The van der Waals surface area contributed by atoms with Crippen LogP contribution in [0.3, 0.4) is 0 Å². The van der Waals surface area contributed by atoms with Gasteiger partial charge in [-0.2, -0.15) is 0 Å². The number of benzene rings is 1. The Morgan fingerprint density at radius 2 is 1.89 bits per heavy atom. The molecule has 6 heteroatoms. The van der Waals surface area contributed by atoms with Crippen molar-refractivity contribution >= 4 is 5.78 Å². The molecule has 1 saturated heterocycles. The molecule has 1 fully saturated rings. The molecular weight excluding hydrogens is 358 g/mol. The number of hydrogen-bond acceptors (Lipinski definition) is 6. The number of methoxy groups -OCH3 is 3. The predicted molar refractivity (Wildman–Crippen MR) is 107 cm³/mol. The van der Waals surface area contributed by atoms with Crippen molar-refractivity contribution in [3.8, 4) is 11.5 Å². The lowest BCUT2D eigenvalue weighted by molar-refractivity contribution is -0.129. The molecule has 1 aromatic rings. The number of Topliss-reactive ketones (excluding diaryl/α,β-unsaturated/α-hetero) is 1. The Kier molecular flexibility index (Phi) is 6.42. The molecule has 1 aliphatic carbocycles. The molecule has 2 aliphatic rings. The summed E-state index contributed by atoms with van der Waals surface area (Å²) in [6.45, 7) is 4.90. The van der Waals surface area contributed by atoms with Crippen molar-refractivity contribution in [2.45, 2.75) is 18.9 Å². The van der Waals surface area contributed by atoms with Gasteiger partial charge in [-0.3, -0.25) is 4.79 Å². The third-order valence-corrected chi connectivity index (χ3v) is 5.53. The molecule has 0 aromatic heterocycles. The van der Waals surface area contributed by atoms with Gasteiger partial charge in [-0.25, -0.2) is 0 Å². The molecule has 0 spiro atoms. The van der Waals surface area contributed by atoms with E-state index in [2.05, 4.69) is 11.0 Å². The zero-order chi connectivity index (χ0) is 20.1. The van der Waals surface area contributed by atoms with Crippen LogP contribution in [0.4, 0.5) is 0 Å². The highest BCUT2D eigenvalue weighted by atomic mass is 16.5. The molecule has 1 aliphatic heterocycles. The van der Waals surface area contributed by atoms with E-state index in [1.165, 1.54) is 0 Å². The molecule has 3 rings (SSSR count). The van der Waals surface area contributed by atoms with Gasteiger partial charge in [0, 0.05) is 32.3 Å². The average Bonchev–Trinajstić information content (AvgIpc) is 2.78. The van der Waals surface area contributed by atoms with Gasteiger partial charge < -0.3 is 23.8 Å². The second kappa shape index (κ2) is 8.80. The van der Waals surface area contributed by atoms with Crippen LogP contribution >= 0.6 is 0 Å². The Hall–Kier alpha value is -2.31. The highest BCUT2D eigenvalue weighted by Crippen LogP contribution is 2.44. The standard InChI is InChI=1S/C22H29NO5/c1-5-19(24)18-8-7-17(23-10-12-28-13-11-23)15-22(18,27-4)16-6-9-20(25-2)21(14-16)26-3/h6-9,14-15,18H,5,10-13H2,1-4H3. The molecule has 28 heavy (non-hydrogen) atoms. The summed E-state index contributed by atoms with van der Waals surface area (Å²) >= 11 is 0. The molecule has 1 heterocycles. The molecular formula is C22H29NO5. The topological polar surface area (TPSA) is 57.2 Å². The summed E-state index contributed by atoms with van der Waals surface area (Å²) < 4.78 is 22.4. The fraction of sp³-hybridized carbons (Fsp3) is 0.500. The van der Waals surface area contributed by atoms with Crippen LogP contribution in [0.2, 0.25) is 0 Å².